The molecule has 458 valence electrons. The van der Waals surface area contributed by atoms with Crippen LogP contribution < -0.4 is 0 Å². The van der Waals surface area contributed by atoms with Gasteiger partial charge >= 0.3 is 47.6 Å². The van der Waals surface area contributed by atoms with Crippen molar-refractivity contribution in [1.29, 1.82) is 0 Å². The van der Waals surface area contributed by atoms with E-state index in [4.69, 9.17) is 76.2 Å². The van der Waals surface area contributed by atoms with Gasteiger partial charge in [-0.15, -0.1) is 0 Å². The molecular weight excluding hydrogens is 1100 g/mol. The summed E-state index contributed by atoms with van der Waals surface area (Å²) < 4.78 is 311. The van der Waals surface area contributed by atoms with Crippen molar-refractivity contribution in [3.8, 4) is 0 Å². The first-order valence-corrected chi connectivity index (χ1v) is 23.4. The third-order valence-corrected chi connectivity index (χ3v) is 9.16. The van der Waals surface area contributed by atoms with E-state index in [0.717, 1.165) is 0 Å². The van der Waals surface area contributed by atoms with Crippen molar-refractivity contribution in [2.24, 2.45) is 0 Å². The summed E-state index contributed by atoms with van der Waals surface area (Å²) in [5.74, 6) is -56.6. The van der Waals surface area contributed by atoms with E-state index in [0.29, 0.717) is 145 Å². The minimum absolute atomic E-state index is 0.0122. The topological polar surface area (TPSA) is 168 Å². The highest BCUT2D eigenvalue weighted by molar-refractivity contribution is 5.15. The molecule has 0 aliphatic carbocycles. The van der Waals surface area contributed by atoms with E-state index in [-0.39, 0.29) is 52.9 Å². The van der Waals surface area contributed by atoms with Crippen molar-refractivity contribution in [2.75, 3.05) is 218 Å². The number of rotatable bonds is 56. The molecular formula is C42H69F17O17. The van der Waals surface area contributed by atoms with Gasteiger partial charge < -0.3 is 80.9 Å². The second-order valence-corrected chi connectivity index (χ2v) is 14.9. The molecule has 0 radical (unpaired) electrons. The van der Waals surface area contributed by atoms with Gasteiger partial charge in [-0.25, -0.2) is 0 Å². The Labute approximate surface area is 427 Å². The maximum atomic E-state index is 13.9. The molecule has 76 heavy (non-hydrogen) atoms. The van der Waals surface area contributed by atoms with Crippen molar-refractivity contribution in [3.63, 3.8) is 0 Å². The smallest absolute Gasteiger partial charge is 0.394 e. The first-order valence-electron chi connectivity index (χ1n) is 23.4. The molecule has 0 aliphatic heterocycles. The summed E-state index contributed by atoms with van der Waals surface area (Å²) in [4.78, 5) is 0. The summed E-state index contributed by atoms with van der Waals surface area (Å²) >= 11 is 0. The summed E-state index contributed by atoms with van der Waals surface area (Å²) in [6, 6.07) is 0. The molecule has 0 rings (SSSR count). The molecule has 34 heteroatoms. The van der Waals surface area contributed by atoms with Gasteiger partial charge in [0.1, 0.15) is 0 Å². The molecule has 0 bridgehead atoms. The maximum Gasteiger partial charge on any atom is 0.460 e. The molecule has 1 N–H and O–H groups in total. The number of ether oxygens (including phenoxy) is 16. The molecule has 0 saturated carbocycles. The lowest BCUT2D eigenvalue weighted by Gasteiger charge is -2.42. The Morgan fingerprint density at radius 2 is 0.329 bits per heavy atom. The third-order valence-electron chi connectivity index (χ3n) is 9.16. The zero-order chi connectivity index (χ0) is 57.4. The Balaban J connectivity index is 3.62. The first-order chi connectivity index (χ1) is 35.8. The molecule has 0 aromatic heterocycles. The van der Waals surface area contributed by atoms with Crippen LogP contribution in [0, 0.1) is 0 Å². The van der Waals surface area contributed by atoms with Gasteiger partial charge in [0.25, 0.3) is 0 Å². The van der Waals surface area contributed by atoms with Crippen molar-refractivity contribution in [1.82, 2.24) is 0 Å². The van der Waals surface area contributed by atoms with Gasteiger partial charge in [0.2, 0.25) is 0 Å². The number of aliphatic hydroxyl groups excluding tert-OH is 1. The average Bonchev–Trinajstić information content (AvgIpc) is 3.35. The Morgan fingerprint density at radius 1 is 0.184 bits per heavy atom. The van der Waals surface area contributed by atoms with Gasteiger partial charge in [-0.05, 0) is 0 Å². The molecule has 0 fully saturated rings. The molecule has 0 aromatic carbocycles. The lowest BCUT2D eigenvalue weighted by Crippen LogP contribution is -2.74. The van der Waals surface area contributed by atoms with Crippen molar-refractivity contribution >= 4 is 0 Å². The zero-order valence-corrected chi connectivity index (χ0v) is 41.4. The number of alkyl halides is 17. The number of hydrogen-bond donors (Lipinski definition) is 1. The number of aliphatic hydroxyl groups is 1. The second-order valence-electron chi connectivity index (χ2n) is 14.9. The van der Waals surface area contributed by atoms with E-state index < -0.39 is 73.9 Å². The second kappa shape index (κ2) is 41.2. The summed E-state index contributed by atoms with van der Waals surface area (Å²) in [6.07, 6.45) is -10.5. The van der Waals surface area contributed by atoms with Gasteiger partial charge in [0.15, 0.2) is 0 Å². The lowest BCUT2D eigenvalue weighted by molar-refractivity contribution is -0.462. The zero-order valence-electron chi connectivity index (χ0n) is 41.4. The van der Waals surface area contributed by atoms with Gasteiger partial charge in [0, 0.05) is 6.42 Å². The van der Waals surface area contributed by atoms with Crippen LogP contribution in [0.1, 0.15) is 6.42 Å². The summed E-state index contributed by atoms with van der Waals surface area (Å²) in [7, 11) is 0. The van der Waals surface area contributed by atoms with Gasteiger partial charge in [-0.2, -0.15) is 74.6 Å². The molecule has 0 atom stereocenters. The largest absolute Gasteiger partial charge is 0.460 e. The molecule has 0 heterocycles. The number of halogens is 17. The fraction of sp³-hybridized carbons (Fsp3) is 1.00. The van der Waals surface area contributed by atoms with E-state index in [2.05, 4.69) is 4.74 Å². The Hall–Kier alpha value is -1.87. The van der Waals surface area contributed by atoms with Crippen LogP contribution >= 0.6 is 0 Å². The predicted molar refractivity (Wildman–Crippen MR) is 225 cm³/mol. The van der Waals surface area contributed by atoms with Gasteiger partial charge in [-0.3, -0.25) is 0 Å². The SMILES string of the molecule is OCCOCCOCCOCCOCCOCCOCCOCCOCCOCCOCCOCCOCCOCCOCCOCCOCCC(F)(F)C(F)(F)C(F)(F)C(F)(F)C(F)(F)C(F)(F)C(F)(F)C(F)(F)F. The van der Waals surface area contributed by atoms with Crippen LogP contribution in [0.25, 0.3) is 0 Å². The van der Waals surface area contributed by atoms with E-state index in [9.17, 15) is 74.6 Å². The van der Waals surface area contributed by atoms with Crippen LogP contribution in [0.4, 0.5) is 74.6 Å². The van der Waals surface area contributed by atoms with E-state index in [1.807, 2.05) is 0 Å². The Bertz CT molecular complexity index is 1370. The van der Waals surface area contributed by atoms with Gasteiger partial charge in [0.05, 0.1) is 218 Å². The van der Waals surface area contributed by atoms with E-state index >= 15 is 0 Å². The third kappa shape index (κ3) is 28.5. The lowest BCUT2D eigenvalue weighted by atomic mass is 9.88. The maximum absolute atomic E-state index is 13.9. The minimum atomic E-state index is -8.67. The quantitative estimate of drug-likeness (QED) is 0.0586. The minimum Gasteiger partial charge on any atom is -0.394 e. The average molecular weight is 1170 g/mol. The fourth-order valence-electron chi connectivity index (χ4n) is 5.02. The van der Waals surface area contributed by atoms with Crippen LogP contribution in [-0.4, -0.2) is 271 Å². The first kappa shape index (κ1) is 74.1. The van der Waals surface area contributed by atoms with E-state index in [1.165, 1.54) is 0 Å². The van der Waals surface area contributed by atoms with Crippen LogP contribution in [0.5, 0.6) is 0 Å². The highest BCUT2D eigenvalue weighted by atomic mass is 19.4. The molecule has 0 aliphatic rings. The van der Waals surface area contributed by atoms with Crippen LogP contribution in [0.2, 0.25) is 0 Å². The molecule has 0 saturated heterocycles. The molecule has 0 aromatic rings. The Kier molecular flexibility index (Phi) is 40.2. The monoisotopic (exact) mass is 1170 g/mol. The Morgan fingerprint density at radius 3 is 0.500 bits per heavy atom. The van der Waals surface area contributed by atoms with Crippen LogP contribution in [0.3, 0.4) is 0 Å². The molecule has 0 unspecified atom stereocenters. The van der Waals surface area contributed by atoms with Gasteiger partial charge in [-0.1, -0.05) is 0 Å². The predicted octanol–water partition coefficient (Wildman–Crippen LogP) is 5.64. The highest BCUT2D eigenvalue weighted by Crippen LogP contribution is 2.64. The fourth-order valence-corrected chi connectivity index (χ4v) is 5.02. The normalized spacial score (nSPS) is 13.7. The van der Waals surface area contributed by atoms with Crippen molar-refractivity contribution in [3.05, 3.63) is 0 Å². The summed E-state index contributed by atoms with van der Waals surface area (Å²) in [6.45, 7) is 6.50. The number of hydrogen-bond acceptors (Lipinski definition) is 17. The summed E-state index contributed by atoms with van der Waals surface area (Å²) in [5, 5.41) is 8.59. The van der Waals surface area contributed by atoms with Crippen molar-refractivity contribution < 1.29 is 156 Å². The molecule has 0 amide bonds. The standard InChI is InChI=1S/C42H69F17O17/c43-35(44,36(45,46)37(47,48)38(49,50)39(51,52)40(53,54)41(55,56)42(57,58)59)1-3-61-5-7-63-9-11-65-13-15-67-17-19-69-21-23-71-25-27-73-29-31-75-33-34-76-32-30-74-28-26-72-24-22-70-20-18-68-16-14-66-12-10-64-8-6-62-4-2-60/h60H,1-34H2. The van der Waals surface area contributed by atoms with Crippen molar-refractivity contribution in [2.45, 2.75) is 54.1 Å². The van der Waals surface area contributed by atoms with Crippen LogP contribution in [-0.2, 0) is 75.8 Å². The molecule has 17 nitrogen and oxygen atoms in total. The highest BCUT2D eigenvalue weighted by Gasteiger charge is 2.95. The van der Waals surface area contributed by atoms with Crippen LogP contribution in [0.15, 0.2) is 0 Å². The summed E-state index contributed by atoms with van der Waals surface area (Å²) in [5.41, 5.74) is 0. The van der Waals surface area contributed by atoms with E-state index in [1.54, 1.807) is 0 Å². The molecule has 0 spiro atoms.